The number of benzene rings is 1. The van der Waals surface area contributed by atoms with E-state index in [-0.39, 0.29) is 30.5 Å². The summed E-state index contributed by atoms with van der Waals surface area (Å²) in [5, 5.41) is 8.00. The third kappa shape index (κ3) is 9.22. The molecule has 0 radical (unpaired) electrons. The first-order valence-corrected chi connectivity index (χ1v) is 11.2. The summed E-state index contributed by atoms with van der Waals surface area (Å²) in [6.07, 6.45) is 0.788. The third-order valence-corrected chi connectivity index (χ3v) is 6.26. The minimum absolute atomic E-state index is 0. The third-order valence-electron chi connectivity index (χ3n) is 3.40. The Labute approximate surface area is 188 Å². The van der Waals surface area contributed by atoms with Crippen molar-refractivity contribution in [1.29, 1.82) is 0 Å². The molecule has 0 bridgehead atoms. The molecule has 0 atom stereocenters. The van der Waals surface area contributed by atoms with Gasteiger partial charge in [-0.15, -0.1) is 35.3 Å². The lowest BCUT2D eigenvalue weighted by molar-refractivity contribution is 0.313. The number of hydrogen-bond donors (Lipinski definition) is 3. The first-order valence-electron chi connectivity index (χ1n) is 8.85. The maximum atomic E-state index is 12.0. The zero-order chi connectivity index (χ0) is 19.4. The second kappa shape index (κ2) is 13.7. The summed E-state index contributed by atoms with van der Waals surface area (Å²) in [6, 6.07) is 13.0. The molecule has 0 aliphatic heterocycles. The summed E-state index contributed by atoms with van der Waals surface area (Å²) in [7, 11) is -3.43. The largest absolute Gasteiger partial charge is 0.494 e. The molecule has 10 heteroatoms. The molecule has 28 heavy (non-hydrogen) atoms. The van der Waals surface area contributed by atoms with Gasteiger partial charge in [0.1, 0.15) is 9.96 Å². The Balaban J connectivity index is 0.00000392. The molecule has 1 aromatic heterocycles. The normalized spacial score (nSPS) is 11.5. The number of guanidine groups is 1. The van der Waals surface area contributed by atoms with Gasteiger partial charge in [-0.05, 0) is 30.5 Å². The van der Waals surface area contributed by atoms with Crippen LogP contribution in [0.25, 0.3) is 0 Å². The van der Waals surface area contributed by atoms with Crippen molar-refractivity contribution >= 4 is 51.3 Å². The van der Waals surface area contributed by atoms with E-state index >= 15 is 0 Å². The molecule has 3 N–H and O–H groups in total. The molecule has 2 aromatic rings. The van der Waals surface area contributed by atoms with Crippen LogP contribution in [0.4, 0.5) is 0 Å². The van der Waals surface area contributed by atoms with Gasteiger partial charge in [-0.3, -0.25) is 4.99 Å². The van der Waals surface area contributed by atoms with E-state index in [0.29, 0.717) is 29.9 Å². The number of hydrogen-bond acceptors (Lipinski definition) is 5. The summed E-state index contributed by atoms with van der Waals surface area (Å²) in [5.41, 5.74) is 0. The zero-order valence-electron chi connectivity index (χ0n) is 15.8. The van der Waals surface area contributed by atoms with Crippen molar-refractivity contribution in [3.63, 3.8) is 0 Å². The molecule has 0 saturated heterocycles. The van der Waals surface area contributed by atoms with Crippen LogP contribution in [0.15, 0.2) is 57.0 Å². The Morgan fingerprint density at radius 3 is 2.57 bits per heavy atom. The highest BCUT2D eigenvalue weighted by Gasteiger charge is 2.13. The van der Waals surface area contributed by atoms with Gasteiger partial charge in [0.2, 0.25) is 10.0 Å². The number of aliphatic imine (C=N–C) groups is 1. The fraction of sp³-hybridized carbons (Fsp3) is 0.389. The predicted octanol–water partition coefficient (Wildman–Crippen LogP) is 2.67. The molecule has 0 fully saturated rings. The molecular weight excluding hydrogens is 511 g/mol. The molecule has 1 heterocycles. The van der Waals surface area contributed by atoms with Gasteiger partial charge in [0.25, 0.3) is 0 Å². The second-order valence-electron chi connectivity index (χ2n) is 5.53. The summed E-state index contributed by atoms with van der Waals surface area (Å²) in [6.45, 7) is 4.64. The van der Waals surface area contributed by atoms with E-state index in [0.717, 1.165) is 18.7 Å². The zero-order valence-corrected chi connectivity index (χ0v) is 19.7. The number of sulfonamides is 1. The highest BCUT2D eigenvalue weighted by atomic mass is 127. The summed E-state index contributed by atoms with van der Waals surface area (Å²) in [5.74, 6) is 1.51. The lowest BCUT2D eigenvalue weighted by atomic mass is 10.3. The average Bonchev–Trinajstić information content (AvgIpc) is 3.21. The van der Waals surface area contributed by atoms with Crippen LogP contribution in [-0.2, 0) is 10.0 Å². The second-order valence-corrected chi connectivity index (χ2v) is 8.47. The number of ether oxygens (including phenoxy) is 1. The van der Waals surface area contributed by atoms with Gasteiger partial charge in [0, 0.05) is 32.6 Å². The molecule has 0 amide bonds. The van der Waals surface area contributed by atoms with Crippen LogP contribution in [0.5, 0.6) is 5.75 Å². The predicted molar refractivity (Wildman–Crippen MR) is 125 cm³/mol. The van der Waals surface area contributed by atoms with Gasteiger partial charge in [-0.2, -0.15) is 0 Å². The first-order chi connectivity index (χ1) is 13.1. The highest BCUT2D eigenvalue weighted by Crippen LogP contribution is 2.14. The molecule has 1 aromatic carbocycles. The Morgan fingerprint density at radius 2 is 1.89 bits per heavy atom. The van der Waals surface area contributed by atoms with Gasteiger partial charge in [-0.1, -0.05) is 24.3 Å². The average molecular weight is 538 g/mol. The fourth-order valence-corrected chi connectivity index (χ4v) is 4.23. The van der Waals surface area contributed by atoms with Crippen molar-refractivity contribution in [2.24, 2.45) is 4.99 Å². The minimum atomic E-state index is -3.43. The van der Waals surface area contributed by atoms with Crippen LogP contribution >= 0.6 is 35.3 Å². The molecule has 0 aliphatic carbocycles. The molecular formula is C18H27IN4O3S2. The standard InChI is InChI=1S/C18H26N4O3S2.HI/c1-2-19-18(20-11-7-14-25-16-8-4-3-5-9-16)21-12-13-22-27(23,24)17-10-6-15-26-17;/h3-6,8-10,15,22H,2,7,11-14H2,1H3,(H2,19,20,21);1H. The Morgan fingerprint density at radius 1 is 1.11 bits per heavy atom. The van der Waals surface area contributed by atoms with Crippen LogP contribution in [0.3, 0.4) is 0 Å². The van der Waals surface area contributed by atoms with Crippen molar-refractivity contribution in [3.8, 4) is 5.75 Å². The molecule has 2 rings (SSSR count). The van der Waals surface area contributed by atoms with Crippen molar-refractivity contribution in [2.75, 3.05) is 32.8 Å². The number of nitrogens with one attached hydrogen (secondary N) is 3. The number of para-hydroxylation sites is 1. The summed E-state index contributed by atoms with van der Waals surface area (Å²) in [4.78, 5) is 4.47. The van der Waals surface area contributed by atoms with Gasteiger partial charge < -0.3 is 15.4 Å². The van der Waals surface area contributed by atoms with Gasteiger partial charge >= 0.3 is 0 Å². The molecule has 0 unspecified atom stereocenters. The van der Waals surface area contributed by atoms with Gasteiger partial charge in [0.15, 0.2) is 5.96 Å². The van der Waals surface area contributed by atoms with Crippen LogP contribution in [0.1, 0.15) is 13.3 Å². The molecule has 156 valence electrons. The lowest BCUT2D eigenvalue weighted by Gasteiger charge is -2.12. The van der Waals surface area contributed by atoms with E-state index in [1.165, 1.54) is 11.3 Å². The van der Waals surface area contributed by atoms with E-state index in [1.807, 2.05) is 37.3 Å². The van der Waals surface area contributed by atoms with E-state index in [1.54, 1.807) is 17.5 Å². The van der Waals surface area contributed by atoms with E-state index < -0.39 is 10.0 Å². The molecule has 0 saturated carbocycles. The van der Waals surface area contributed by atoms with Crippen molar-refractivity contribution < 1.29 is 13.2 Å². The van der Waals surface area contributed by atoms with Crippen LogP contribution in [0.2, 0.25) is 0 Å². The Hall–Kier alpha value is -1.37. The molecule has 0 aliphatic rings. The first kappa shape index (κ1) is 24.7. The summed E-state index contributed by atoms with van der Waals surface area (Å²) < 4.78 is 32.6. The van der Waals surface area contributed by atoms with Gasteiger partial charge in [-0.25, -0.2) is 13.1 Å². The number of nitrogens with zero attached hydrogens (tertiary/aromatic N) is 1. The van der Waals surface area contributed by atoms with Crippen molar-refractivity contribution in [2.45, 2.75) is 17.6 Å². The number of thiophene rings is 1. The topological polar surface area (TPSA) is 91.8 Å². The number of rotatable bonds is 11. The van der Waals surface area contributed by atoms with Crippen LogP contribution in [-0.4, -0.2) is 47.2 Å². The monoisotopic (exact) mass is 538 g/mol. The highest BCUT2D eigenvalue weighted by molar-refractivity contribution is 14.0. The van der Waals surface area contributed by atoms with Gasteiger partial charge in [0.05, 0.1) is 6.61 Å². The molecule has 0 spiro atoms. The quantitative estimate of drug-likeness (QED) is 0.177. The fourth-order valence-electron chi connectivity index (χ4n) is 2.16. The van der Waals surface area contributed by atoms with Crippen molar-refractivity contribution in [3.05, 3.63) is 47.8 Å². The molecule has 7 nitrogen and oxygen atoms in total. The van der Waals surface area contributed by atoms with E-state index in [4.69, 9.17) is 4.74 Å². The Kier molecular flexibility index (Phi) is 12.1. The van der Waals surface area contributed by atoms with Crippen LogP contribution < -0.4 is 20.1 Å². The lowest BCUT2D eigenvalue weighted by Crippen LogP contribution is -2.41. The SMILES string of the molecule is CCNC(=NCCCOc1ccccc1)NCCNS(=O)(=O)c1cccs1.I. The maximum Gasteiger partial charge on any atom is 0.250 e. The maximum absolute atomic E-state index is 12.0. The van der Waals surface area contributed by atoms with Crippen LogP contribution in [0, 0.1) is 0 Å². The smallest absolute Gasteiger partial charge is 0.250 e. The van der Waals surface area contributed by atoms with E-state index in [2.05, 4.69) is 20.3 Å². The van der Waals surface area contributed by atoms with Crippen molar-refractivity contribution in [1.82, 2.24) is 15.4 Å². The minimum Gasteiger partial charge on any atom is -0.494 e. The van der Waals surface area contributed by atoms with E-state index in [9.17, 15) is 8.42 Å². The summed E-state index contributed by atoms with van der Waals surface area (Å²) >= 11 is 1.20. The number of halogens is 1. The Bertz CT molecular complexity index is 784.